The lowest BCUT2D eigenvalue weighted by atomic mass is 9.99. The minimum Gasteiger partial charge on any atom is -0.356 e. The molecular weight excluding hydrogens is 360 g/mol. The normalized spacial score (nSPS) is 11.4. The van der Waals surface area contributed by atoms with E-state index < -0.39 is 5.92 Å². The first-order valence-corrected chi connectivity index (χ1v) is 9.40. The molecule has 2 rings (SSSR count). The third-order valence-corrected chi connectivity index (χ3v) is 4.46. The second-order valence-corrected chi connectivity index (χ2v) is 6.79. The highest BCUT2D eigenvalue weighted by molar-refractivity contribution is 6.30. The van der Waals surface area contributed by atoms with Gasteiger partial charge in [0.15, 0.2) is 0 Å². The van der Waals surface area contributed by atoms with Crippen LogP contribution in [-0.2, 0) is 22.6 Å². The van der Waals surface area contributed by atoms with E-state index in [1.165, 1.54) is 5.56 Å². The average molecular weight is 385 g/mol. The molecule has 0 radical (unpaired) electrons. The van der Waals surface area contributed by atoms with Crippen LogP contribution in [0.2, 0.25) is 5.02 Å². The highest BCUT2D eigenvalue weighted by Crippen LogP contribution is 2.12. The summed E-state index contributed by atoms with van der Waals surface area (Å²) >= 11 is 5.85. The second-order valence-electron chi connectivity index (χ2n) is 6.36. The van der Waals surface area contributed by atoms with E-state index in [9.17, 15) is 9.59 Å². The smallest absolute Gasteiger partial charge is 0.223 e. The molecule has 5 heteroatoms. The zero-order chi connectivity index (χ0) is 19.5. The molecular formula is C22H25ClN2O2. The molecule has 2 aromatic carbocycles. The molecule has 0 fully saturated rings. The first kappa shape index (κ1) is 20.7. The van der Waals surface area contributed by atoms with Crippen molar-refractivity contribution in [1.29, 1.82) is 0 Å². The van der Waals surface area contributed by atoms with Gasteiger partial charge in [0.1, 0.15) is 0 Å². The standard InChI is InChI=1S/C22H25ClN2O2/c1-2-6-19(22(27)24-14-13-17-7-4-3-5-8-17)15-21(26)25-16-18-9-11-20(23)12-10-18/h2-5,7-12,19H,1,6,13-16H2,(H,24,27)(H,25,26). The average Bonchev–Trinajstić information content (AvgIpc) is 2.68. The Hall–Kier alpha value is -2.59. The van der Waals surface area contributed by atoms with Crippen molar-refractivity contribution < 1.29 is 9.59 Å². The Kier molecular flexibility index (Phi) is 8.59. The van der Waals surface area contributed by atoms with E-state index in [1.807, 2.05) is 42.5 Å². The van der Waals surface area contributed by atoms with Crippen LogP contribution in [0, 0.1) is 5.92 Å². The lowest BCUT2D eigenvalue weighted by molar-refractivity contribution is -0.130. The number of nitrogens with one attached hydrogen (secondary N) is 2. The fraction of sp³-hybridized carbons (Fsp3) is 0.273. The Morgan fingerprint density at radius 2 is 1.70 bits per heavy atom. The van der Waals surface area contributed by atoms with E-state index in [1.54, 1.807) is 18.2 Å². The van der Waals surface area contributed by atoms with Crippen LogP contribution < -0.4 is 10.6 Å². The van der Waals surface area contributed by atoms with Gasteiger partial charge in [0, 0.05) is 24.5 Å². The van der Waals surface area contributed by atoms with E-state index in [-0.39, 0.29) is 18.2 Å². The number of allylic oxidation sites excluding steroid dienone is 1. The van der Waals surface area contributed by atoms with E-state index in [0.717, 1.165) is 12.0 Å². The highest BCUT2D eigenvalue weighted by Gasteiger charge is 2.20. The molecule has 2 N–H and O–H groups in total. The summed E-state index contributed by atoms with van der Waals surface area (Å²) in [6.07, 6.45) is 3.03. The fourth-order valence-electron chi connectivity index (χ4n) is 2.70. The van der Waals surface area contributed by atoms with Crippen molar-refractivity contribution in [1.82, 2.24) is 10.6 Å². The van der Waals surface area contributed by atoms with Gasteiger partial charge in [-0.25, -0.2) is 0 Å². The zero-order valence-corrected chi connectivity index (χ0v) is 16.0. The van der Waals surface area contributed by atoms with Gasteiger partial charge in [-0.3, -0.25) is 9.59 Å². The first-order chi connectivity index (χ1) is 13.1. The van der Waals surface area contributed by atoms with Crippen molar-refractivity contribution in [2.45, 2.75) is 25.8 Å². The molecule has 0 bridgehead atoms. The maximum atomic E-state index is 12.4. The van der Waals surface area contributed by atoms with Crippen LogP contribution in [0.5, 0.6) is 0 Å². The number of carbonyl (C=O) groups is 2. The molecule has 2 aromatic rings. The van der Waals surface area contributed by atoms with Crippen molar-refractivity contribution in [2.24, 2.45) is 5.92 Å². The number of benzene rings is 2. The van der Waals surface area contributed by atoms with E-state index >= 15 is 0 Å². The maximum Gasteiger partial charge on any atom is 0.223 e. The summed E-state index contributed by atoms with van der Waals surface area (Å²) < 4.78 is 0. The summed E-state index contributed by atoms with van der Waals surface area (Å²) in [6, 6.07) is 17.2. The number of hydrogen-bond donors (Lipinski definition) is 2. The third-order valence-electron chi connectivity index (χ3n) is 4.21. The number of amides is 2. The molecule has 0 aliphatic heterocycles. The summed E-state index contributed by atoms with van der Waals surface area (Å²) in [4.78, 5) is 24.6. The Balaban J connectivity index is 1.78. The zero-order valence-electron chi connectivity index (χ0n) is 15.3. The highest BCUT2D eigenvalue weighted by atomic mass is 35.5. The van der Waals surface area contributed by atoms with Gasteiger partial charge in [-0.15, -0.1) is 6.58 Å². The maximum absolute atomic E-state index is 12.4. The Labute approximate surface area is 165 Å². The summed E-state index contributed by atoms with van der Waals surface area (Å²) in [5.41, 5.74) is 2.12. The van der Waals surface area contributed by atoms with Gasteiger partial charge >= 0.3 is 0 Å². The Morgan fingerprint density at radius 1 is 1.00 bits per heavy atom. The monoisotopic (exact) mass is 384 g/mol. The predicted molar refractivity (Wildman–Crippen MR) is 109 cm³/mol. The molecule has 1 unspecified atom stereocenters. The van der Waals surface area contributed by atoms with Crippen LogP contribution in [0.4, 0.5) is 0 Å². The van der Waals surface area contributed by atoms with Crippen molar-refractivity contribution in [3.63, 3.8) is 0 Å². The molecule has 142 valence electrons. The molecule has 0 heterocycles. The summed E-state index contributed by atoms with van der Waals surface area (Å²) in [6.45, 7) is 4.65. The summed E-state index contributed by atoms with van der Waals surface area (Å²) in [7, 11) is 0. The number of halogens is 1. The Bertz CT molecular complexity index is 745. The molecule has 2 amide bonds. The molecule has 0 aliphatic rings. The summed E-state index contributed by atoms with van der Waals surface area (Å²) in [5.74, 6) is -0.689. The summed E-state index contributed by atoms with van der Waals surface area (Å²) in [5, 5.41) is 6.42. The van der Waals surface area contributed by atoms with Crippen molar-refractivity contribution in [3.8, 4) is 0 Å². The Morgan fingerprint density at radius 3 is 2.37 bits per heavy atom. The topological polar surface area (TPSA) is 58.2 Å². The largest absolute Gasteiger partial charge is 0.356 e. The van der Waals surface area contributed by atoms with Crippen LogP contribution in [0.15, 0.2) is 67.3 Å². The molecule has 0 aromatic heterocycles. The minimum absolute atomic E-state index is 0.118. The second kappa shape index (κ2) is 11.2. The molecule has 0 saturated carbocycles. The number of rotatable bonds is 10. The van der Waals surface area contributed by atoms with E-state index in [0.29, 0.717) is 24.5 Å². The van der Waals surface area contributed by atoms with Gasteiger partial charge < -0.3 is 10.6 Å². The van der Waals surface area contributed by atoms with Crippen LogP contribution in [-0.4, -0.2) is 18.4 Å². The van der Waals surface area contributed by atoms with Gasteiger partial charge in [-0.05, 0) is 36.1 Å². The quantitative estimate of drug-likeness (QED) is 0.610. The molecule has 0 spiro atoms. The van der Waals surface area contributed by atoms with Crippen LogP contribution >= 0.6 is 11.6 Å². The van der Waals surface area contributed by atoms with Gasteiger partial charge in [-0.1, -0.05) is 60.1 Å². The lowest BCUT2D eigenvalue weighted by Gasteiger charge is -2.15. The number of carbonyl (C=O) groups excluding carboxylic acids is 2. The van der Waals surface area contributed by atoms with Gasteiger partial charge in [0.2, 0.25) is 11.8 Å². The van der Waals surface area contributed by atoms with E-state index in [4.69, 9.17) is 11.6 Å². The van der Waals surface area contributed by atoms with Gasteiger partial charge in [-0.2, -0.15) is 0 Å². The van der Waals surface area contributed by atoms with Crippen molar-refractivity contribution in [3.05, 3.63) is 83.4 Å². The fourth-order valence-corrected chi connectivity index (χ4v) is 2.83. The lowest BCUT2D eigenvalue weighted by Crippen LogP contribution is -2.35. The third kappa shape index (κ3) is 7.67. The first-order valence-electron chi connectivity index (χ1n) is 9.02. The van der Waals surface area contributed by atoms with Crippen LogP contribution in [0.1, 0.15) is 24.0 Å². The number of hydrogen-bond acceptors (Lipinski definition) is 2. The molecule has 0 saturated heterocycles. The molecule has 4 nitrogen and oxygen atoms in total. The minimum atomic E-state index is -0.413. The predicted octanol–water partition coefficient (Wildman–Crippen LogP) is 3.90. The van der Waals surface area contributed by atoms with Crippen molar-refractivity contribution >= 4 is 23.4 Å². The van der Waals surface area contributed by atoms with Gasteiger partial charge in [0.25, 0.3) is 0 Å². The van der Waals surface area contributed by atoms with Crippen LogP contribution in [0.3, 0.4) is 0 Å². The SMILES string of the molecule is C=CCC(CC(=O)NCc1ccc(Cl)cc1)C(=O)NCCc1ccccc1. The van der Waals surface area contributed by atoms with Crippen LogP contribution in [0.25, 0.3) is 0 Å². The van der Waals surface area contributed by atoms with Gasteiger partial charge in [0.05, 0.1) is 5.92 Å². The molecule has 27 heavy (non-hydrogen) atoms. The van der Waals surface area contributed by atoms with E-state index in [2.05, 4.69) is 17.2 Å². The molecule has 1 atom stereocenters. The molecule has 0 aliphatic carbocycles. The van der Waals surface area contributed by atoms with Crippen molar-refractivity contribution in [2.75, 3.05) is 6.54 Å².